The average Bonchev–Trinajstić information content (AvgIpc) is 2.16. The summed E-state index contributed by atoms with van der Waals surface area (Å²) < 4.78 is 29.7. The number of hydrogen-bond acceptors (Lipinski definition) is 6. The molecule has 0 aliphatic carbocycles. The van der Waals surface area contributed by atoms with Crippen molar-refractivity contribution in [1.29, 1.82) is 0 Å². The fourth-order valence-corrected chi connectivity index (χ4v) is 1.38. The third-order valence-corrected chi connectivity index (χ3v) is 2.94. The lowest BCUT2D eigenvalue weighted by atomic mass is 10.7. The summed E-state index contributed by atoms with van der Waals surface area (Å²) in [5.41, 5.74) is -0.357. The van der Waals surface area contributed by atoms with E-state index in [1.54, 1.807) is 0 Å². The molecule has 0 spiro atoms. The minimum Gasteiger partial charge on any atom is -0.417 e. The molecule has 0 heterocycles. The average molecular weight is 224 g/mol. The van der Waals surface area contributed by atoms with Crippen molar-refractivity contribution < 1.29 is 27.9 Å². The van der Waals surface area contributed by atoms with E-state index in [9.17, 15) is 9.36 Å². The molecule has 82 valence electrons. The van der Waals surface area contributed by atoms with Gasteiger partial charge in [0.2, 0.25) is 5.50 Å². The first kappa shape index (κ1) is 13.3. The summed E-state index contributed by atoms with van der Waals surface area (Å²) in [7, 11) is 0.119. The van der Waals surface area contributed by atoms with Crippen molar-refractivity contribution >= 4 is 13.6 Å². The summed E-state index contributed by atoms with van der Waals surface area (Å²) in [5.74, 6) is -0.716. The second kappa shape index (κ2) is 5.93. The highest BCUT2D eigenvalue weighted by molar-refractivity contribution is 7.58. The van der Waals surface area contributed by atoms with Gasteiger partial charge in [0.25, 0.3) is 0 Å². The molecule has 0 fully saturated rings. The van der Waals surface area contributed by atoms with Gasteiger partial charge in [0.15, 0.2) is 0 Å². The standard InChI is InChI=1S/C7H13O6P/c1-6(13-7(8)5-10-2)14(9,11-3)12-4/h1,5H2,2-4H3. The maximum Gasteiger partial charge on any atom is 0.395 e. The van der Waals surface area contributed by atoms with Crippen LogP contribution in [0, 0.1) is 0 Å². The van der Waals surface area contributed by atoms with Gasteiger partial charge in [0.05, 0.1) is 0 Å². The van der Waals surface area contributed by atoms with Crippen LogP contribution in [0.4, 0.5) is 0 Å². The normalized spacial score (nSPS) is 11.1. The summed E-state index contributed by atoms with van der Waals surface area (Å²) in [4.78, 5) is 10.9. The Labute approximate surface area is 82.3 Å². The van der Waals surface area contributed by atoms with Gasteiger partial charge in [-0.05, 0) is 6.58 Å². The zero-order valence-corrected chi connectivity index (χ0v) is 9.21. The molecule has 0 radical (unpaired) electrons. The molecule has 14 heavy (non-hydrogen) atoms. The first-order valence-electron chi connectivity index (χ1n) is 3.60. The van der Waals surface area contributed by atoms with Crippen LogP contribution in [-0.4, -0.2) is 33.9 Å². The minimum atomic E-state index is -3.54. The molecule has 0 aliphatic heterocycles. The molecule has 0 atom stereocenters. The van der Waals surface area contributed by atoms with Crippen LogP contribution in [0.5, 0.6) is 0 Å². The van der Waals surface area contributed by atoms with Crippen molar-refractivity contribution in [2.45, 2.75) is 0 Å². The molecule has 6 nitrogen and oxygen atoms in total. The Kier molecular flexibility index (Phi) is 5.64. The minimum absolute atomic E-state index is 0.257. The van der Waals surface area contributed by atoms with Crippen LogP contribution < -0.4 is 0 Å². The highest BCUT2D eigenvalue weighted by Crippen LogP contribution is 2.54. The maximum atomic E-state index is 11.5. The Morgan fingerprint density at radius 3 is 2.14 bits per heavy atom. The number of hydrogen-bond donors (Lipinski definition) is 0. The molecule has 0 unspecified atom stereocenters. The quantitative estimate of drug-likeness (QED) is 0.382. The SMILES string of the molecule is C=C(OC(=O)COC)P(=O)(OC)OC. The fraction of sp³-hybridized carbons (Fsp3) is 0.571. The molecule has 0 rings (SSSR count). The number of esters is 1. The van der Waals surface area contributed by atoms with Gasteiger partial charge in [0, 0.05) is 21.3 Å². The van der Waals surface area contributed by atoms with Crippen LogP contribution >= 0.6 is 7.60 Å². The Morgan fingerprint density at radius 2 is 1.79 bits per heavy atom. The van der Waals surface area contributed by atoms with Gasteiger partial charge < -0.3 is 18.5 Å². The highest BCUT2D eigenvalue weighted by Gasteiger charge is 2.29. The van der Waals surface area contributed by atoms with E-state index in [2.05, 4.69) is 25.1 Å². The maximum absolute atomic E-state index is 11.5. The Hall–Kier alpha value is -0.680. The molecule has 0 aromatic rings. The van der Waals surface area contributed by atoms with Crippen LogP contribution in [0.25, 0.3) is 0 Å². The molecule has 0 saturated carbocycles. The molecule has 0 aromatic heterocycles. The zero-order chi connectivity index (χ0) is 11.2. The van der Waals surface area contributed by atoms with Crippen LogP contribution in [0.2, 0.25) is 0 Å². The lowest BCUT2D eigenvalue weighted by molar-refractivity contribution is -0.143. The van der Waals surface area contributed by atoms with Crippen LogP contribution in [0.1, 0.15) is 0 Å². The largest absolute Gasteiger partial charge is 0.417 e. The van der Waals surface area contributed by atoms with Gasteiger partial charge in [-0.15, -0.1) is 0 Å². The summed E-state index contributed by atoms with van der Waals surface area (Å²) in [6.07, 6.45) is 0. The van der Waals surface area contributed by atoms with E-state index >= 15 is 0 Å². The second-order valence-electron chi connectivity index (χ2n) is 2.16. The topological polar surface area (TPSA) is 71.1 Å². The molecule has 0 bridgehead atoms. The van der Waals surface area contributed by atoms with Crippen LogP contribution in [0.15, 0.2) is 12.1 Å². The van der Waals surface area contributed by atoms with Crippen molar-refractivity contribution in [2.24, 2.45) is 0 Å². The fourth-order valence-electron chi connectivity index (χ4n) is 0.613. The molecular formula is C7H13O6P. The van der Waals surface area contributed by atoms with E-state index in [4.69, 9.17) is 0 Å². The number of methoxy groups -OCH3 is 1. The van der Waals surface area contributed by atoms with Crippen molar-refractivity contribution in [3.8, 4) is 0 Å². The van der Waals surface area contributed by atoms with Gasteiger partial charge in [0.1, 0.15) is 6.61 Å². The monoisotopic (exact) mass is 224 g/mol. The first-order valence-corrected chi connectivity index (χ1v) is 5.15. The Bertz CT molecular complexity index is 253. The van der Waals surface area contributed by atoms with Crippen LogP contribution in [0.3, 0.4) is 0 Å². The van der Waals surface area contributed by atoms with E-state index < -0.39 is 13.6 Å². The van der Waals surface area contributed by atoms with Crippen molar-refractivity contribution in [3.63, 3.8) is 0 Å². The van der Waals surface area contributed by atoms with Crippen molar-refractivity contribution in [1.82, 2.24) is 0 Å². The Morgan fingerprint density at radius 1 is 1.29 bits per heavy atom. The predicted molar refractivity (Wildman–Crippen MR) is 48.7 cm³/mol. The number of ether oxygens (including phenoxy) is 2. The van der Waals surface area contributed by atoms with Crippen LogP contribution in [-0.2, 0) is 27.9 Å². The molecule has 7 heteroatoms. The van der Waals surface area contributed by atoms with E-state index in [1.807, 2.05) is 0 Å². The van der Waals surface area contributed by atoms with Crippen molar-refractivity contribution in [2.75, 3.05) is 27.9 Å². The Balaban J connectivity index is 4.33. The second-order valence-corrected chi connectivity index (χ2v) is 4.39. The van der Waals surface area contributed by atoms with E-state index in [0.29, 0.717) is 0 Å². The predicted octanol–water partition coefficient (Wildman–Crippen LogP) is 1.13. The van der Waals surface area contributed by atoms with E-state index in [1.165, 1.54) is 21.3 Å². The third-order valence-electron chi connectivity index (χ3n) is 1.28. The molecular weight excluding hydrogens is 211 g/mol. The van der Waals surface area contributed by atoms with Gasteiger partial charge in [-0.3, -0.25) is 4.57 Å². The molecule has 0 saturated heterocycles. The van der Waals surface area contributed by atoms with Gasteiger partial charge >= 0.3 is 13.6 Å². The smallest absolute Gasteiger partial charge is 0.395 e. The first-order chi connectivity index (χ1) is 6.50. The lowest BCUT2D eigenvalue weighted by Crippen LogP contribution is -2.11. The van der Waals surface area contributed by atoms with Crippen molar-refractivity contribution in [3.05, 3.63) is 12.1 Å². The summed E-state index contributed by atoms with van der Waals surface area (Å²) in [5, 5.41) is 0. The molecule has 0 aliphatic rings. The summed E-state index contributed by atoms with van der Waals surface area (Å²) >= 11 is 0. The third kappa shape index (κ3) is 3.59. The van der Waals surface area contributed by atoms with Gasteiger partial charge in [-0.1, -0.05) is 0 Å². The molecule has 0 N–H and O–H groups in total. The lowest BCUT2D eigenvalue weighted by Gasteiger charge is -2.14. The summed E-state index contributed by atoms with van der Waals surface area (Å²) in [6.45, 7) is 3.02. The molecule has 0 aromatic carbocycles. The zero-order valence-electron chi connectivity index (χ0n) is 8.31. The van der Waals surface area contributed by atoms with E-state index in [0.717, 1.165) is 0 Å². The summed E-state index contributed by atoms with van der Waals surface area (Å²) in [6, 6.07) is 0. The van der Waals surface area contributed by atoms with Gasteiger partial charge in [-0.25, -0.2) is 4.79 Å². The molecule has 0 amide bonds. The highest BCUT2D eigenvalue weighted by atomic mass is 31.2. The van der Waals surface area contributed by atoms with Gasteiger partial charge in [-0.2, -0.15) is 0 Å². The number of rotatable bonds is 6. The number of carbonyl (C=O) groups excluding carboxylic acids is 1. The number of carbonyl (C=O) groups is 1. The van der Waals surface area contributed by atoms with E-state index in [-0.39, 0.29) is 12.1 Å².